The van der Waals surface area contributed by atoms with Gasteiger partial charge >= 0.3 is 0 Å². The Balaban J connectivity index is 2.04. The molecule has 86 valence electrons. The van der Waals surface area contributed by atoms with Crippen LogP contribution in [0.2, 0.25) is 0 Å². The summed E-state index contributed by atoms with van der Waals surface area (Å²) in [4.78, 5) is 4.06. The Hall–Kier alpha value is -1.47. The van der Waals surface area contributed by atoms with E-state index in [1.807, 2.05) is 12.1 Å². The second-order valence-electron chi connectivity index (χ2n) is 3.53. The fourth-order valence-electron chi connectivity index (χ4n) is 1.44. The van der Waals surface area contributed by atoms with Crippen molar-refractivity contribution in [1.82, 2.24) is 14.6 Å². The van der Waals surface area contributed by atoms with Gasteiger partial charge in [0.2, 0.25) is 10.0 Å². The Morgan fingerprint density at radius 1 is 1.38 bits per heavy atom. The van der Waals surface area contributed by atoms with Crippen LogP contribution in [-0.4, -0.2) is 28.8 Å². The average Bonchev–Trinajstić information content (AvgIpc) is 2.62. The SMILES string of the molecule is NS(=O)(=O)CCCc1ccc2nccn2n1. The number of sulfonamides is 1. The maximum Gasteiger partial charge on any atom is 0.209 e. The number of hydrogen-bond acceptors (Lipinski definition) is 4. The number of aromatic nitrogens is 3. The summed E-state index contributed by atoms with van der Waals surface area (Å²) < 4.78 is 23.1. The van der Waals surface area contributed by atoms with Crippen LogP contribution in [0, 0.1) is 0 Å². The largest absolute Gasteiger partial charge is 0.236 e. The van der Waals surface area contributed by atoms with Crippen molar-refractivity contribution in [2.75, 3.05) is 5.75 Å². The van der Waals surface area contributed by atoms with Crippen molar-refractivity contribution in [3.8, 4) is 0 Å². The minimum Gasteiger partial charge on any atom is -0.236 e. The number of hydrogen-bond donors (Lipinski definition) is 1. The molecular formula is C9H12N4O2S. The third-order valence-electron chi connectivity index (χ3n) is 2.17. The molecule has 0 saturated heterocycles. The van der Waals surface area contributed by atoms with Crippen LogP contribution >= 0.6 is 0 Å². The zero-order chi connectivity index (χ0) is 11.6. The predicted octanol–water partition coefficient (Wildman–Crippen LogP) is -0.0496. The summed E-state index contributed by atoms with van der Waals surface area (Å²) in [6.07, 6.45) is 4.48. The number of aryl methyl sites for hydroxylation is 1. The number of nitrogens with two attached hydrogens (primary N) is 1. The van der Waals surface area contributed by atoms with Crippen LogP contribution in [0.5, 0.6) is 0 Å². The average molecular weight is 240 g/mol. The lowest BCUT2D eigenvalue weighted by atomic mass is 10.2. The van der Waals surface area contributed by atoms with E-state index in [1.165, 1.54) is 0 Å². The third-order valence-corrected chi connectivity index (χ3v) is 3.03. The molecule has 0 aliphatic heterocycles. The van der Waals surface area contributed by atoms with Gasteiger partial charge in [0, 0.05) is 12.4 Å². The van der Waals surface area contributed by atoms with Gasteiger partial charge in [0.15, 0.2) is 5.65 Å². The van der Waals surface area contributed by atoms with Crippen LogP contribution in [0.1, 0.15) is 12.1 Å². The van der Waals surface area contributed by atoms with Crippen LogP contribution in [0.4, 0.5) is 0 Å². The Morgan fingerprint density at radius 2 is 2.19 bits per heavy atom. The fraction of sp³-hybridized carbons (Fsp3) is 0.333. The van der Waals surface area contributed by atoms with E-state index >= 15 is 0 Å². The summed E-state index contributed by atoms with van der Waals surface area (Å²) in [7, 11) is -3.37. The summed E-state index contributed by atoms with van der Waals surface area (Å²) in [5.74, 6) is -0.0172. The summed E-state index contributed by atoms with van der Waals surface area (Å²) >= 11 is 0. The lowest BCUT2D eigenvalue weighted by Crippen LogP contribution is -2.17. The van der Waals surface area contributed by atoms with Gasteiger partial charge in [0.25, 0.3) is 0 Å². The Labute approximate surface area is 93.2 Å². The van der Waals surface area contributed by atoms with E-state index in [4.69, 9.17) is 5.14 Å². The standard InChI is InChI=1S/C9H12N4O2S/c10-16(14,15)7-1-2-8-3-4-9-11-5-6-13(9)12-8/h3-6H,1-2,7H2,(H2,10,14,15). The normalized spacial score (nSPS) is 12.1. The van der Waals surface area contributed by atoms with Crippen molar-refractivity contribution in [2.45, 2.75) is 12.8 Å². The number of primary sulfonamides is 1. The van der Waals surface area contributed by atoms with E-state index in [0.29, 0.717) is 12.8 Å². The molecule has 0 atom stereocenters. The molecule has 2 rings (SSSR count). The highest BCUT2D eigenvalue weighted by Gasteiger charge is 2.04. The van der Waals surface area contributed by atoms with E-state index in [0.717, 1.165) is 11.3 Å². The predicted molar refractivity (Wildman–Crippen MR) is 59.3 cm³/mol. The molecule has 0 fully saturated rings. The van der Waals surface area contributed by atoms with Gasteiger partial charge in [-0.3, -0.25) is 0 Å². The second kappa shape index (κ2) is 4.18. The summed E-state index contributed by atoms with van der Waals surface area (Å²) in [6.45, 7) is 0. The minimum absolute atomic E-state index is 0.0172. The summed E-state index contributed by atoms with van der Waals surface area (Å²) in [5, 5.41) is 9.18. The zero-order valence-electron chi connectivity index (χ0n) is 8.57. The van der Waals surface area contributed by atoms with Crippen LogP contribution in [0.25, 0.3) is 5.65 Å². The van der Waals surface area contributed by atoms with Crippen LogP contribution in [-0.2, 0) is 16.4 Å². The molecule has 0 radical (unpaired) electrons. The van der Waals surface area contributed by atoms with Crippen molar-refractivity contribution >= 4 is 15.7 Å². The van der Waals surface area contributed by atoms with E-state index in [9.17, 15) is 8.42 Å². The van der Waals surface area contributed by atoms with Gasteiger partial charge in [-0.25, -0.2) is 23.1 Å². The molecule has 16 heavy (non-hydrogen) atoms. The first-order valence-electron chi connectivity index (χ1n) is 4.84. The maximum absolute atomic E-state index is 10.7. The van der Waals surface area contributed by atoms with Crippen LogP contribution in [0.3, 0.4) is 0 Å². The molecular weight excluding hydrogens is 228 g/mol. The third kappa shape index (κ3) is 2.77. The minimum atomic E-state index is -3.37. The Kier molecular flexibility index (Phi) is 2.88. The van der Waals surface area contributed by atoms with Gasteiger partial charge in [-0.2, -0.15) is 5.10 Å². The van der Waals surface area contributed by atoms with E-state index in [-0.39, 0.29) is 5.75 Å². The lowest BCUT2D eigenvalue weighted by molar-refractivity contribution is 0.594. The number of nitrogens with zero attached hydrogens (tertiary/aromatic N) is 3. The molecule has 0 spiro atoms. The second-order valence-corrected chi connectivity index (χ2v) is 5.26. The van der Waals surface area contributed by atoms with Gasteiger partial charge in [0.05, 0.1) is 11.4 Å². The molecule has 2 heterocycles. The monoisotopic (exact) mass is 240 g/mol. The molecule has 0 aliphatic carbocycles. The van der Waals surface area contributed by atoms with Crippen molar-refractivity contribution in [3.05, 3.63) is 30.2 Å². The quantitative estimate of drug-likeness (QED) is 0.811. The highest BCUT2D eigenvalue weighted by molar-refractivity contribution is 7.89. The first kappa shape index (κ1) is 11.0. The van der Waals surface area contributed by atoms with Gasteiger partial charge in [-0.15, -0.1) is 0 Å². The van der Waals surface area contributed by atoms with E-state index in [2.05, 4.69) is 10.1 Å². The Bertz CT molecular complexity index is 590. The lowest BCUT2D eigenvalue weighted by Gasteiger charge is -2.00. The number of imidazole rings is 1. The first-order valence-corrected chi connectivity index (χ1v) is 6.56. The van der Waals surface area contributed by atoms with Gasteiger partial charge in [-0.1, -0.05) is 0 Å². The molecule has 2 N–H and O–H groups in total. The van der Waals surface area contributed by atoms with Gasteiger partial charge in [-0.05, 0) is 25.0 Å². The topological polar surface area (TPSA) is 90.4 Å². The maximum atomic E-state index is 10.7. The highest BCUT2D eigenvalue weighted by atomic mass is 32.2. The van der Waals surface area contributed by atoms with Gasteiger partial charge < -0.3 is 0 Å². The highest BCUT2D eigenvalue weighted by Crippen LogP contribution is 2.03. The first-order chi connectivity index (χ1) is 7.54. The zero-order valence-corrected chi connectivity index (χ0v) is 9.39. The van der Waals surface area contributed by atoms with Crippen LogP contribution in [0.15, 0.2) is 24.5 Å². The van der Waals surface area contributed by atoms with Crippen molar-refractivity contribution in [1.29, 1.82) is 0 Å². The molecule has 2 aromatic heterocycles. The fourth-order valence-corrected chi connectivity index (χ4v) is 1.99. The van der Waals surface area contributed by atoms with E-state index in [1.54, 1.807) is 16.9 Å². The molecule has 0 unspecified atom stereocenters. The molecule has 7 heteroatoms. The summed E-state index contributed by atoms with van der Waals surface area (Å²) in [6, 6.07) is 3.69. The molecule has 0 bridgehead atoms. The summed E-state index contributed by atoms with van der Waals surface area (Å²) in [5.41, 5.74) is 1.60. The molecule has 0 aromatic carbocycles. The molecule has 6 nitrogen and oxygen atoms in total. The van der Waals surface area contributed by atoms with Crippen molar-refractivity contribution in [3.63, 3.8) is 0 Å². The molecule has 0 aliphatic rings. The van der Waals surface area contributed by atoms with Crippen molar-refractivity contribution < 1.29 is 8.42 Å². The van der Waals surface area contributed by atoms with Crippen molar-refractivity contribution in [2.24, 2.45) is 5.14 Å². The Morgan fingerprint density at radius 3 is 2.94 bits per heavy atom. The molecule has 2 aromatic rings. The number of fused-ring (bicyclic) bond motifs is 1. The number of rotatable bonds is 4. The molecule has 0 amide bonds. The molecule has 0 saturated carbocycles. The smallest absolute Gasteiger partial charge is 0.209 e. The van der Waals surface area contributed by atoms with Gasteiger partial charge in [0.1, 0.15) is 0 Å². The van der Waals surface area contributed by atoms with E-state index < -0.39 is 10.0 Å². The van der Waals surface area contributed by atoms with Crippen LogP contribution < -0.4 is 5.14 Å².